The van der Waals surface area contributed by atoms with Gasteiger partial charge in [-0.3, -0.25) is 0 Å². The van der Waals surface area contributed by atoms with Crippen molar-refractivity contribution < 1.29 is 0 Å². The van der Waals surface area contributed by atoms with Gasteiger partial charge in [-0.15, -0.1) is 0 Å². The van der Waals surface area contributed by atoms with Crippen molar-refractivity contribution in [2.24, 2.45) is 35.0 Å². The van der Waals surface area contributed by atoms with Gasteiger partial charge < -0.3 is 5.32 Å². The van der Waals surface area contributed by atoms with Crippen LogP contribution in [0.4, 0.5) is 0 Å². The van der Waals surface area contributed by atoms with Crippen LogP contribution in [0.15, 0.2) is 0 Å². The van der Waals surface area contributed by atoms with Gasteiger partial charge in [-0.2, -0.15) is 0 Å². The zero-order valence-electron chi connectivity index (χ0n) is 13.4. The summed E-state index contributed by atoms with van der Waals surface area (Å²) in [7, 11) is 2.21. The fourth-order valence-electron chi connectivity index (χ4n) is 5.74. The van der Waals surface area contributed by atoms with Crippen molar-refractivity contribution in [2.45, 2.75) is 71.8 Å². The third-order valence-electron chi connectivity index (χ3n) is 6.34. The van der Waals surface area contributed by atoms with Crippen molar-refractivity contribution >= 4 is 0 Å². The fraction of sp³-hybridized carbons (Fsp3) is 1.00. The van der Waals surface area contributed by atoms with E-state index in [9.17, 15) is 0 Å². The molecule has 0 aliphatic heterocycles. The van der Waals surface area contributed by atoms with Gasteiger partial charge in [0.15, 0.2) is 0 Å². The monoisotopic (exact) mass is 263 g/mol. The maximum absolute atomic E-state index is 3.70. The second-order valence-corrected chi connectivity index (χ2v) is 9.00. The van der Waals surface area contributed by atoms with Gasteiger partial charge in [0.2, 0.25) is 0 Å². The molecule has 0 aromatic carbocycles. The number of hydrogen-bond acceptors (Lipinski definition) is 1. The number of hydrogen-bond donors (Lipinski definition) is 1. The largest absolute Gasteiger partial charge is 0.317 e. The Bertz CT molecular complexity index is 286. The van der Waals surface area contributed by atoms with Crippen LogP contribution in [0, 0.1) is 35.0 Å². The van der Waals surface area contributed by atoms with Crippen molar-refractivity contribution in [1.82, 2.24) is 5.32 Å². The first-order chi connectivity index (χ1) is 8.96. The highest BCUT2D eigenvalue weighted by molar-refractivity contribution is 5.01. The molecule has 1 N–H and O–H groups in total. The van der Waals surface area contributed by atoms with Crippen LogP contribution < -0.4 is 5.32 Å². The average Bonchev–Trinajstić information content (AvgIpc) is 2.30. The maximum atomic E-state index is 3.70. The topological polar surface area (TPSA) is 12.0 Å². The Morgan fingerprint density at radius 2 is 1.47 bits per heavy atom. The van der Waals surface area contributed by atoms with Crippen LogP contribution in [-0.2, 0) is 0 Å². The van der Waals surface area contributed by atoms with E-state index < -0.39 is 0 Å². The van der Waals surface area contributed by atoms with Crippen LogP contribution in [0.25, 0.3) is 0 Å². The van der Waals surface area contributed by atoms with Crippen molar-refractivity contribution in [3.05, 3.63) is 0 Å². The summed E-state index contributed by atoms with van der Waals surface area (Å²) < 4.78 is 0. The standard InChI is InChI=1S/C18H33N/c1-18(2,3)6-5-16(19-4)17-14-8-12-7-13(10-14)11-15(17)9-12/h12-17,19H,5-11H2,1-4H3. The molecule has 19 heavy (non-hydrogen) atoms. The highest BCUT2D eigenvalue weighted by Crippen LogP contribution is 2.57. The summed E-state index contributed by atoms with van der Waals surface area (Å²) in [5.74, 6) is 5.35. The summed E-state index contributed by atoms with van der Waals surface area (Å²) in [6.45, 7) is 7.16. The molecule has 4 saturated carbocycles. The molecule has 0 amide bonds. The Kier molecular flexibility index (Phi) is 3.71. The highest BCUT2D eigenvalue weighted by Gasteiger charge is 2.50. The van der Waals surface area contributed by atoms with Gasteiger partial charge in [-0.25, -0.2) is 0 Å². The van der Waals surface area contributed by atoms with E-state index in [1.807, 2.05) is 0 Å². The summed E-state index contributed by atoms with van der Waals surface area (Å²) in [5.41, 5.74) is 0.487. The molecule has 0 spiro atoms. The molecule has 4 rings (SSSR count). The Morgan fingerprint density at radius 3 is 1.89 bits per heavy atom. The molecule has 0 aromatic rings. The summed E-state index contributed by atoms with van der Waals surface area (Å²) in [5, 5.41) is 3.70. The molecule has 1 heteroatoms. The lowest BCUT2D eigenvalue weighted by atomic mass is 9.50. The molecule has 1 unspecified atom stereocenters. The van der Waals surface area contributed by atoms with Crippen molar-refractivity contribution in [3.63, 3.8) is 0 Å². The van der Waals surface area contributed by atoms with Gasteiger partial charge in [0.05, 0.1) is 0 Å². The van der Waals surface area contributed by atoms with Crippen LogP contribution in [0.1, 0.15) is 65.7 Å². The third kappa shape index (κ3) is 2.86. The SMILES string of the molecule is CNC(CCC(C)(C)C)C1C2CC3CC(C2)CC1C3. The molecule has 0 saturated heterocycles. The average molecular weight is 263 g/mol. The lowest BCUT2D eigenvalue weighted by molar-refractivity contribution is -0.0530. The first kappa shape index (κ1) is 13.9. The van der Waals surface area contributed by atoms with Crippen LogP contribution in [0.2, 0.25) is 0 Å². The molecule has 4 fully saturated rings. The van der Waals surface area contributed by atoms with Gasteiger partial charge in [0, 0.05) is 6.04 Å². The lowest BCUT2D eigenvalue weighted by Gasteiger charge is -2.56. The zero-order chi connectivity index (χ0) is 13.6. The molecule has 4 aliphatic carbocycles. The van der Waals surface area contributed by atoms with Gasteiger partial charge >= 0.3 is 0 Å². The van der Waals surface area contributed by atoms with Gasteiger partial charge in [0.1, 0.15) is 0 Å². The summed E-state index contributed by atoms with van der Waals surface area (Å²) in [4.78, 5) is 0. The zero-order valence-corrected chi connectivity index (χ0v) is 13.4. The van der Waals surface area contributed by atoms with Crippen molar-refractivity contribution in [2.75, 3.05) is 7.05 Å². The van der Waals surface area contributed by atoms with Crippen molar-refractivity contribution in [3.8, 4) is 0 Å². The van der Waals surface area contributed by atoms with Crippen LogP contribution >= 0.6 is 0 Å². The predicted molar refractivity (Wildman–Crippen MR) is 82.1 cm³/mol. The van der Waals surface area contributed by atoms with Crippen LogP contribution in [0.5, 0.6) is 0 Å². The molecule has 0 heterocycles. The maximum Gasteiger partial charge on any atom is 0.00978 e. The number of rotatable bonds is 4. The minimum Gasteiger partial charge on any atom is -0.317 e. The molecular weight excluding hydrogens is 230 g/mol. The van der Waals surface area contributed by atoms with E-state index in [-0.39, 0.29) is 0 Å². The first-order valence-corrected chi connectivity index (χ1v) is 8.63. The van der Waals surface area contributed by atoms with E-state index in [2.05, 4.69) is 33.1 Å². The molecule has 1 atom stereocenters. The predicted octanol–water partition coefficient (Wildman–Crippen LogP) is 4.47. The fourth-order valence-corrected chi connectivity index (χ4v) is 5.74. The van der Waals surface area contributed by atoms with Crippen molar-refractivity contribution in [1.29, 1.82) is 0 Å². The first-order valence-electron chi connectivity index (χ1n) is 8.63. The third-order valence-corrected chi connectivity index (χ3v) is 6.34. The van der Waals surface area contributed by atoms with E-state index in [0.29, 0.717) is 5.41 Å². The molecule has 110 valence electrons. The second kappa shape index (κ2) is 5.06. The molecule has 1 nitrogen and oxygen atoms in total. The van der Waals surface area contributed by atoms with E-state index in [0.717, 1.165) is 35.6 Å². The van der Waals surface area contributed by atoms with E-state index in [4.69, 9.17) is 0 Å². The smallest absolute Gasteiger partial charge is 0.00978 e. The second-order valence-electron chi connectivity index (χ2n) is 9.00. The van der Waals surface area contributed by atoms with E-state index >= 15 is 0 Å². The summed E-state index contributed by atoms with van der Waals surface area (Å²) in [6, 6.07) is 0.786. The Balaban J connectivity index is 1.66. The van der Waals surface area contributed by atoms with Gasteiger partial charge in [-0.1, -0.05) is 20.8 Å². The normalized spacial score (nSPS) is 42.6. The van der Waals surface area contributed by atoms with Gasteiger partial charge in [-0.05, 0) is 87.0 Å². The Morgan fingerprint density at radius 1 is 0.947 bits per heavy atom. The molecule has 0 radical (unpaired) electrons. The number of nitrogens with one attached hydrogen (secondary N) is 1. The van der Waals surface area contributed by atoms with E-state index in [1.54, 1.807) is 32.1 Å². The van der Waals surface area contributed by atoms with Crippen LogP contribution in [-0.4, -0.2) is 13.1 Å². The van der Waals surface area contributed by atoms with E-state index in [1.165, 1.54) is 12.8 Å². The minimum atomic E-state index is 0.487. The van der Waals surface area contributed by atoms with Gasteiger partial charge in [0.25, 0.3) is 0 Å². The quantitative estimate of drug-likeness (QED) is 0.789. The molecule has 4 aliphatic rings. The Labute approximate surface area is 119 Å². The molecular formula is C18H33N. The lowest BCUT2D eigenvalue weighted by Crippen LogP contribution is -2.52. The van der Waals surface area contributed by atoms with Crippen LogP contribution in [0.3, 0.4) is 0 Å². The summed E-state index contributed by atoms with van der Waals surface area (Å²) in [6.07, 6.45) is 10.6. The highest BCUT2D eigenvalue weighted by atomic mass is 14.9. The molecule has 0 aromatic heterocycles. The minimum absolute atomic E-state index is 0.487. The Hall–Kier alpha value is -0.0400. The molecule has 4 bridgehead atoms. The summed E-state index contributed by atoms with van der Waals surface area (Å²) >= 11 is 0.